The van der Waals surface area contributed by atoms with Crippen LogP contribution in [0.3, 0.4) is 0 Å². The molecule has 0 saturated heterocycles. The maximum absolute atomic E-state index is 6.14. The van der Waals surface area contributed by atoms with Crippen LogP contribution in [0.25, 0.3) is 22.4 Å². The molecule has 0 spiro atoms. The molecule has 0 amide bonds. The predicted molar refractivity (Wildman–Crippen MR) is 86.7 cm³/mol. The molecule has 0 aliphatic heterocycles. The van der Waals surface area contributed by atoms with Crippen LogP contribution in [-0.4, -0.2) is 21.1 Å². The summed E-state index contributed by atoms with van der Waals surface area (Å²) in [4.78, 5) is 8.83. The fourth-order valence-corrected chi connectivity index (χ4v) is 2.63. The zero-order valence-electron chi connectivity index (χ0n) is 11.3. The number of nitrogens with two attached hydrogens (primary N) is 1. The summed E-state index contributed by atoms with van der Waals surface area (Å²) in [7, 11) is 0. The Labute approximate surface area is 132 Å². The van der Waals surface area contributed by atoms with Crippen LogP contribution in [0.2, 0.25) is 10.0 Å². The Morgan fingerprint density at radius 1 is 1.19 bits per heavy atom. The van der Waals surface area contributed by atoms with E-state index in [9.17, 15) is 0 Å². The quantitative estimate of drug-likeness (QED) is 0.796. The van der Waals surface area contributed by atoms with Crippen LogP contribution in [0.5, 0.6) is 0 Å². The first-order valence-corrected chi connectivity index (χ1v) is 7.42. The second kappa shape index (κ2) is 6.02. The smallest absolute Gasteiger partial charge is 0.142 e. The van der Waals surface area contributed by atoms with Gasteiger partial charge < -0.3 is 10.3 Å². The lowest BCUT2D eigenvalue weighted by atomic mass is 10.2. The largest absolute Gasteiger partial charge is 0.330 e. The number of aryl methyl sites for hydroxylation is 1. The van der Waals surface area contributed by atoms with Gasteiger partial charge in [-0.3, -0.25) is 4.98 Å². The number of rotatable bonds is 4. The van der Waals surface area contributed by atoms with Crippen molar-refractivity contribution in [3.8, 4) is 11.4 Å². The Morgan fingerprint density at radius 2 is 2.00 bits per heavy atom. The molecule has 3 rings (SSSR count). The summed E-state index contributed by atoms with van der Waals surface area (Å²) in [6.07, 6.45) is 4.40. The molecule has 0 unspecified atom stereocenters. The van der Waals surface area contributed by atoms with E-state index in [1.165, 1.54) is 0 Å². The predicted octanol–water partition coefficient (Wildman–Crippen LogP) is 3.75. The summed E-state index contributed by atoms with van der Waals surface area (Å²) in [5, 5.41) is 1.03. The number of fused-ring (bicyclic) bond motifs is 1. The Hall–Kier alpha value is -1.62. The highest BCUT2D eigenvalue weighted by Crippen LogP contribution is 2.31. The van der Waals surface area contributed by atoms with Crippen molar-refractivity contribution in [2.24, 2.45) is 5.73 Å². The van der Waals surface area contributed by atoms with E-state index in [1.807, 2.05) is 18.2 Å². The highest BCUT2D eigenvalue weighted by Gasteiger charge is 2.14. The monoisotopic (exact) mass is 320 g/mol. The summed E-state index contributed by atoms with van der Waals surface area (Å²) in [6, 6.07) is 7.51. The maximum atomic E-state index is 6.14. The van der Waals surface area contributed by atoms with Gasteiger partial charge in [-0.2, -0.15) is 0 Å². The van der Waals surface area contributed by atoms with E-state index < -0.39 is 0 Å². The lowest BCUT2D eigenvalue weighted by Gasteiger charge is -2.08. The number of hydrogen-bond donors (Lipinski definition) is 1. The molecule has 0 radical (unpaired) electrons. The van der Waals surface area contributed by atoms with Gasteiger partial charge in [0.2, 0.25) is 0 Å². The van der Waals surface area contributed by atoms with Gasteiger partial charge in [0.25, 0.3) is 0 Å². The molecule has 108 valence electrons. The molecule has 1 aromatic carbocycles. The lowest BCUT2D eigenvalue weighted by Crippen LogP contribution is -2.07. The molecule has 2 N–H and O–H groups in total. The van der Waals surface area contributed by atoms with Crippen molar-refractivity contribution >= 4 is 34.2 Å². The van der Waals surface area contributed by atoms with Crippen molar-refractivity contribution in [3.05, 3.63) is 46.7 Å². The third kappa shape index (κ3) is 2.75. The normalized spacial score (nSPS) is 11.2. The number of hydrogen-bond acceptors (Lipinski definition) is 3. The highest BCUT2D eigenvalue weighted by atomic mass is 35.5. The zero-order valence-corrected chi connectivity index (χ0v) is 12.8. The molecule has 2 heterocycles. The van der Waals surface area contributed by atoms with Gasteiger partial charge in [-0.15, -0.1) is 0 Å². The van der Waals surface area contributed by atoms with Crippen molar-refractivity contribution < 1.29 is 0 Å². The molecule has 4 nitrogen and oxygen atoms in total. The molecule has 0 saturated carbocycles. The van der Waals surface area contributed by atoms with E-state index in [1.54, 1.807) is 18.5 Å². The van der Waals surface area contributed by atoms with E-state index in [0.717, 1.165) is 35.4 Å². The lowest BCUT2D eigenvalue weighted by molar-refractivity contribution is 0.671. The van der Waals surface area contributed by atoms with Crippen LogP contribution >= 0.6 is 23.2 Å². The van der Waals surface area contributed by atoms with Crippen molar-refractivity contribution in [1.82, 2.24) is 14.5 Å². The van der Waals surface area contributed by atoms with Gasteiger partial charge in [-0.25, -0.2) is 4.98 Å². The Bertz CT molecular complexity index is 768. The fourth-order valence-electron chi connectivity index (χ4n) is 2.31. The summed E-state index contributed by atoms with van der Waals surface area (Å²) < 4.78 is 2.11. The summed E-state index contributed by atoms with van der Waals surface area (Å²) in [5.74, 6) is 0.852. The molecular weight excluding hydrogens is 307 g/mol. The van der Waals surface area contributed by atoms with Crippen molar-refractivity contribution in [3.63, 3.8) is 0 Å². The first-order valence-electron chi connectivity index (χ1n) is 6.66. The average molecular weight is 321 g/mol. The fraction of sp³-hybridized carbons (Fsp3) is 0.200. The van der Waals surface area contributed by atoms with E-state index in [-0.39, 0.29) is 0 Å². The minimum atomic E-state index is 0.505. The van der Waals surface area contributed by atoms with Crippen LogP contribution in [0.15, 0.2) is 36.7 Å². The van der Waals surface area contributed by atoms with Gasteiger partial charge in [0.1, 0.15) is 5.82 Å². The maximum Gasteiger partial charge on any atom is 0.142 e. The molecule has 6 heteroatoms. The zero-order chi connectivity index (χ0) is 14.8. The number of nitrogens with zero attached hydrogens (tertiary/aromatic N) is 3. The van der Waals surface area contributed by atoms with Crippen LogP contribution in [0, 0.1) is 0 Å². The summed E-state index contributed by atoms with van der Waals surface area (Å²) >= 11 is 12.2. The van der Waals surface area contributed by atoms with Gasteiger partial charge in [-0.05, 0) is 37.2 Å². The number of imidazole rings is 1. The highest BCUT2D eigenvalue weighted by molar-refractivity contribution is 6.42. The van der Waals surface area contributed by atoms with Gasteiger partial charge in [0.05, 0.1) is 21.1 Å². The SMILES string of the molecule is NCCCn1c(-c2cccnc2)nc2cc(Cl)c(Cl)cc21. The van der Waals surface area contributed by atoms with Gasteiger partial charge in [0.15, 0.2) is 0 Å². The minimum absolute atomic E-state index is 0.505. The third-order valence-corrected chi connectivity index (χ3v) is 4.02. The number of halogens is 2. The Balaban J connectivity index is 2.22. The van der Waals surface area contributed by atoms with Gasteiger partial charge in [0, 0.05) is 24.5 Å². The molecule has 0 atom stereocenters. The average Bonchev–Trinajstić information content (AvgIpc) is 2.84. The van der Waals surface area contributed by atoms with Gasteiger partial charge in [-0.1, -0.05) is 23.2 Å². The molecule has 0 aliphatic carbocycles. The molecule has 0 fully saturated rings. The van der Waals surface area contributed by atoms with E-state index in [0.29, 0.717) is 16.6 Å². The van der Waals surface area contributed by atoms with E-state index in [4.69, 9.17) is 28.9 Å². The molecular formula is C15H14Cl2N4. The van der Waals surface area contributed by atoms with Crippen molar-refractivity contribution in [1.29, 1.82) is 0 Å². The van der Waals surface area contributed by atoms with Gasteiger partial charge >= 0.3 is 0 Å². The molecule has 0 aliphatic rings. The number of benzene rings is 1. The van der Waals surface area contributed by atoms with Crippen molar-refractivity contribution in [2.75, 3.05) is 6.54 Å². The molecule has 3 aromatic rings. The second-order valence-corrected chi connectivity index (χ2v) is 5.54. The molecule has 21 heavy (non-hydrogen) atoms. The van der Waals surface area contributed by atoms with Crippen LogP contribution < -0.4 is 5.73 Å². The third-order valence-electron chi connectivity index (χ3n) is 3.30. The van der Waals surface area contributed by atoms with Crippen LogP contribution in [0.1, 0.15) is 6.42 Å². The first-order chi connectivity index (χ1) is 10.2. The Kier molecular flexibility index (Phi) is 4.10. The standard InChI is InChI=1S/C15H14Cl2N4/c16-11-7-13-14(8-12(11)17)21(6-2-4-18)15(20-13)10-3-1-5-19-9-10/h1,3,5,7-9H,2,4,6,18H2. The van der Waals surface area contributed by atoms with Crippen LogP contribution in [0.4, 0.5) is 0 Å². The summed E-state index contributed by atoms with van der Waals surface area (Å²) in [6.45, 7) is 1.39. The summed E-state index contributed by atoms with van der Waals surface area (Å²) in [5.41, 5.74) is 8.37. The first kappa shape index (κ1) is 14.3. The van der Waals surface area contributed by atoms with E-state index >= 15 is 0 Å². The van der Waals surface area contributed by atoms with E-state index in [2.05, 4.69) is 14.5 Å². The molecule has 2 aromatic heterocycles. The molecule has 0 bridgehead atoms. The number of aromatic nitrogens is 3. The second-order valence-electron chi connectivity index (χ2n) is 4.73. The number of pyridine rings is 1. The minimum Gasteiger partial charge on any atom is -0.330 e. The topological polar surface area (TPSA) is 56.7 Å². The van der Waals surface area contributed by atoms with Crippen molar-refractivity contribution in [2.45, 2.75) is 13.0 Å². The Morgan fingerprint density at radius 3 is 2.71 bits per heavy atom. The van der Waals surface area contributed by atoms with Crippen LogP contribution in [-0.2, 0) is 6.54 Å².